The Balaban J connectivity index is 1.86. The van der Waals surface area contributed by atoms with Gasteiger partial charge in [0.1, 0.15) is 5.69 Å². The third-order valence-electron chi connectivity index (χ3n) is 4.58. The lowest BCUT2D eigenvalue weighted by Gasteiger charge is -2.16. The first-order valence-corrected chi connectivity index (χ1v) is 9.14. The second kappa shape index (κ2) is 7.87. The fourth-order valence-corrected chi connectivity index (χ4v) is 3.34. The average Bonchev–Trinajstić information content (AvgIpc) is 2.86. The maximum Gasteiger partial charge on any atom is 0.253 e. The number of anilines is 1. The summed E-state index contributed by atoms with van der Waals surface area (Å²) in [4.78, 5) is 19.6. The summed E-state index contributed by atoms with van der Waals surface area (Å²) in [5, 5.41) is 2.61. The van der Waals surface area contributed by atoms with Crippen molar-refractivity contribution in [2.24, 2.45) is 4.99 Å². The van der Waals surface area contributed by atoms with Crippen LogP contribution in [0.25, 0.3) is 0 Å². The van der Waals surface area contributed by atoms with Gasteiger partial charge in [-0.1, -0.05) is 48.0 Å². The Labute approximate surface area is 173 Å². The van der Waals surface area contributed by atoms with E-state index in [1.165, 1.54) is 0 Å². The molecule has 1 aromatic heterocycles. The number of fused-ring (bicyclic) bond motifs is 1. The molecule has 30 heavy (non-hydrogen) atoms. The summed E-state index contributed by atoms with van der Waals surface area (Å²) in [5.41, 5.74) is 0.977. The number of benzene rings is 2. The van der Waals surface area contributed by atoms with Gasteiger partial charge in [-0.3, -0.25) is 9.79 Å². The minimum Gasteiger partial charge on any atom is -0.353 e. The number of nitrogens with one attached hydrogen (secondary N) is 1. The van der Waals surface area contributed by atoms with Gasteiger partial charge in [-0.2, -0.15) is 22.5 Å². The van der Waals surface area contributed by atoms with Gasteiger partial charge in [0, 0.05) is 22.6 Å². The van der Waals surface area contributed by atoms with Crippen LogP contribution in [-0.2, 0) is 11.2 Å². The standard InChI is InChI=1S/C21H12ClF4N3O/c22-12-7-6-11-8-14(30)21(28-18-15(23)19(25)29-20(26)16(18)24)27-17(13(11)9-12)10-4-2-1-3-5-10/h1-7,9,21H,8H2,(H,28,29). The van der Waals surface area contributed by atoms with Crippen molar-refractivity contribution in [1.29, 1.82) is 0 Å². The van der Waals surface area contributed by atoms with Crippen LogP contribution in [0.4, 0.5) is 23.2 Å². The van der Waals surface area contributed by atoms with Crippen molar-refractivity contribution >= 4 is 28.8 Å². The van der Waals surface area contributed by atoms with Gasteiger partial charge in [-0.15, -0.1) is 0 Å². The summed E-state index contributed by atoms with van der Waals surface area (Å²) in [5.74, 6) is -7.72. The number of pyridine rings is 1. The van der Waals surface area contributed by atoms with Crippen LogP contribution in [0.1, 0.15) is 16.7 Å². The summed E-state index contributed by atoms with van der Waals surface area (Å²) < 4.78 is 55.1. The first-order chi connectivity index (χ1) is 14.3. The van der Waals surface area contributed by atoms with E-state index >= 15 is 0 Å². The van der Waals surface area contributed by atoms with Gasteiger partial charge in [0.2, 0.25) is 11.6 Å². The number of carbonyl (C=O) groups is 1. The fraction of sp³-hybridized carbons (Fsp3) is 0.0952. The van der Waals surface area contributed by atoms with Crippen molar-refractivity contribution in [3.63, 3.8) is 0 Å². The van der Waals surface area contributed by atoms with Crippen molar-refractivity contribution in [1.82, 2.24) is 4.98 Å². The number of aromatic nitrogens is 1. The highest BCUT2D eigenvalue weighted by atomic mass is 35.5. The molecular formula is C21H12ClF4N3O. The molecule has 152 valence electrons. The summed E-state index contributed by atoms with van der Waals surface area (Å²) in [6.45, 7) is 0. The normalized spacial score (nSPS) is 16.0. The van der Waals surface area contributed by atoms with Crippen molar-refractivity contribution in [2.75, 3.05) is 5.32 Å². The monoisotopic (exact) mass is 433 g/mol. The number of hydrogen-bond acceptors (Lipinski definition) is 4. The SMILES string of the molecule is O=C1Cc2ccc(Cl)cc2C(c2ccccc2)=NC1Nc1c(F)c(F)nc(F)c1F. The molecular weight excluding hydrogens is 422 g/mol. The molecule has 1 aliphatic rings. The highest BCUT2D eigenvalue weighted by Gasteiger charge is 2.29. The largest absolute Gasteiger partial charge is 0.353 e. The van der Waals surface area contributed by atoms with Crippen molar-refractivity contribution < 1.29 is 22.4 Å². The zero-order valence-corrected chi connectivity index (χ0v) is 15.9. The number of carbonyl (C=O) groups excluding carboxylic acids is 1. The van der Waals surface area contributed by atoms with Gasteiger partial charge in [-0.25, -0.2) is 0 Å². The van der Waals surface area contributed by atoms with E-state index in [1.54, 1.807) is 48.5 Å². The molecule has 0 aliphatic carbocycles. The number of aliphatic imine (C=N–C) groups is 1. The molecule has 0 radical (unpaired) electrons. The first-order valence-electron chi connectivity index (χ1n) is 8.76. The molecule has 0 spiro atoms. The van der Waals surface area contributed by atoms with Gasteiger partial charge in [0.15, 0.2) is 11.9 Å². The summed E-state index contributed by atoms with van der Waals surface area (Å²) in [6, 6.07) is 13.7. The van der Waals surface area contributed by atoms with Gasteiger partial charge in [-0.05, 0) is 17.7 Å². The molecule has 1 atom stereocenters. The van der Waals surface area contributed by atoms with Crippen LogP contribution in [0, 0.1) is 23.5 Å². The summed E-state index contributed by atoms with van der Waals surface area (Å²) >= 11 is 6.12. The zero-order valence-electron chi connectivity index (χ0n) is 15.1. The second-order valence-corrected chi connectivity index (χ2v) is 6.97. The highest BCUT2D eigenvalue weighted by Crippen LogP contribution is 2.27. The molecule has 1 unspecified atom stereocenters. The third kappa shape index (κ3) is 3.66. The predicted octanol–water partition coefficient (Wildman–Crippen LogP) is 4.69. The van der Waals surface area contributed by atoms with Crippen LogP contribution in [-0.4, -0.2) is 22.6 Å². The van der Waals surface area contributed by atoms with Crippen molar-refractivity contribution in [2.45, 2.75) is 12.6 Å². The number of ketones is 1. The Bertz CT molecular complexity index is 1160. The molecule has 4 rings (SSSR count). The van der Waals surface area contributed by atoms with E-state index in [0.717, 1.165) is 0 Å². The van der Waals surface area contributed by atoms with E-state index < -0.39 is 41.2 Å². The molecule has 1 aliphatic heterocycles. The Morgan fingerprint density at radius 1 is 0.967 bits per heavy atom. The van der Waals surface area contributed by atoms with Gasteiger partial charge in [0.25, 0.3) is 11.9 Å². The number of halogens is 5. The second-order valence-electron chi connectivity index (χ2n) is 6.53. The lowest BCUT2D eigenvalue weighted by Crippen LogP contribution is -2.30. The maximum atomic E-state index is 14.1. The molecule has 0 amide bonds. The van der Waals surface area contributed by atoms with Crippen LogP contribution < -0.4 is 5.32 Å². The van der Waals surface area contributed by atoms with E-state index in [9.17, 15) is 22.4 Å². The van der Waals surface area contributed by atoms with Crippen LogP contribution in [0.2, 0.25) is 5.02 Å². The van der Waals surface area contributed by atoms with E-state index in [1.807, 2.05) is 0 Å². The van der Waals surface area contributed by atoms with Crippen LogP contribution in [0.3, 0.4) is 0 Å². The molecule has 9 heteroatoms. The van der Waals surface area contributed by atoms with E-state index in [-0.39, 0.29) is 6.42 Å². The zero-order chi connectivity index (χ0) is 21.4. The minimum absolute atomic E-state index is 0.136. The Morgan fingerprint density at radius 2 is 1.63 bits per heavy atom. The molecule has 2 heterocycles. The maximum absolute atomic E-state index is 14.1. The Morgan fingerprint density at radius 3 is 2.30 bits per heavy atom. The van der Waals surface area contributed by atoms with E-state index in [2.05, 4.69) is 15.3 Å². The van der Waals surface area contributed by atoms with Crippen molar-refractivity contribution in [3.05, 3.63) is 93.8 Å². The lowest BCUT2D eigenvalue weighted by atomic mass is 9.96. The minimum atomic E-state index is -1.83. The molecule has 2 aromatic carbocycles. The topological polar surface area (TPSA) is 54.4 Å². The molecule has 0 fully saturated rings. The Hall–Kier alpha value is -3.26. The van der Waals surface area contributed by atoms with E-state index in [4.69, 9.17) is 11.6 Å². The number of rotatable bonds is 3. The number of hydrogen-bond donors (Lipinski definition) is 1. The number of Topliss-reactive ketones (excluding diaryl/α,β-unsaturated/α-hetero) is 1. The fourth-order valence-electron chi connectivity index (χ4n) is 3.17. The van der Waals surface area contributed by atoms with Gasteiger partial charge < -0.3 is 5.32 Å². The highest BCUT2D eigenvalue weighted by molar-refractivity contribution is 6.31. The summed E-state index contributed by atoms with van der Waals surface area (Å²) in [7, 11) is 0. The van der Waals surface area contributed by atoms with Crippen LogP contribution in [0.15, 0.2) is 53.5 Å². The van der Waals surface area contributed by atoms with Crippen LogP contribution >= 0.6 is 11.6 Å². The third-order valence-corrected chi connectivity index (χ3v) is 4.82. The molecule has 3 aromatic rings. The summed E-state index contributed by atoms with van der Waals surface area (Å²) in [6.07, 6.45) is -1.64. The molecule has 0 saturated heterocycles. The van der Waals surface area contributed by atoms with Gasteiger partial charge >= 0.3 is 0 Å². The van der Waals surface area contributed by atoms with Crippen molar-refractivity contribution in [3.8, 4) is 0 Å². The molecule has 0 bridgehead atoms. The Kier molecular flexibility index (Phi) is 5.26. The molecule has 4 nitrogen and oxygen atoms in total. The molecule has 1 N–H and O–H groups in total. The van der Waals surface area contributed by atoms with E-state index in [0.29, 0.717) is 27.4 Å². The quantitative estimate of drug-likeness (QED) is 0.481. The number of nitrogens with zero attached hydrogens (tertiary/aromatic N) is 2. The van der Waals surface area contributed by atoms with Gasteiger partial charge in [0.05, 0.1) is 5.71 Å². The average molecular weight is 434 g/mol. The predicted molar refractivity (Wildman–Crippen MR) is 104 cm³/mol. The molecule has 0 saturated carbocycles. The smallest absolute Gasteiger partial charge is 0.253 e. The van der Waals surface area contributed by atoms with Crippen LogP contribution in [0.5, 0.6) is 0 Å². The lowest BCUT2D eigenvalue weighted by molar-refractivity contribution is -0.118. The first kappa shape index (κ1) is 20.0.